The van der Waals surface area contributed by atoms with E-state index in [0.29, 0.717) is 17.5 Å². The molecular formula is C21H17F2NO2. The first kappa shape index (κ1) is 17.6. The highest BCUT2D eigenvalue weighted by atomic mass is 19.1. The van der Waals surface area contributed by atoms with E-state index >= 15 is 0 Å². The van der Waals surface area contributed by atoms with E-state index in [1.54, 1.807) is 30.3 Å². The lowest BCUT2D eigenvalue weighted by Crippen LogP contribution is -2.11. The Labute approximate surface area is 149 Å². The zero-order chi connectivity index (χ0) is 18.7. The van der Waals surface area contributed by atoms with Crippen molar-refractivity contribution in [3.05, 3.63) is 77.9 Å². The van der Waals surface area contributed by atoms with Crippen LogP contribution in [0.4, 0.5) is 8.78 Å². The first-order chi connectivity index (χ1) is 12.4. The molecular weight excluding hydrogens is 336 g/mol. The van der Waals surface area contributed by atoms with Gasteiger partial charge in [-0.2, -0.15) is 0 Å². The second kappa shape index (κ2) is 7.35. The molecule has 0 radical (unpaired) electrons. The lowest BCUT2D eigenvalue weighted by molar-refractivity contribution is -0.117. The van der Waals surface area contributed by atoms with Gasteiger partial charge in [-0.15, -0.1) is 0 Å². The van der Waals surface area contributed by atoms with Crippen LogP contribution >= 0.6 is 0 Å². The lowest BCUT2D eigenvalue weighted by Gasteiger charge is -2.13. The van der Waals surface area contributed by atoms with Crippen LogP contribution in [0.3, 0.4) is 0 Å². The molecule has 3 N–H and O–H groups in total. The van der Waals surface area contributed by atoms with Crippen LogP contribution in [0.15, 0.2) is 60.7 Å². The molecule has 0 aliphatic heterocycles. The molecule has 0 spiro atoms. The molecule has 3 aromatic carbocycles. The number of phenolic OH excluding ortho intramolecular Hbond substituents is 1. The van der Waals surface area contributed by atoms with Gasteiger partial charge in [-0.1, -0.05) is 30.3 Å². The van der Waals surface area contributed by atoms with Gasteiger partial charge < -0.3 is 10.8 Å². The highest BCUT2D eigenvalue weighted by Crippen LogP contribution is 2.32. The Hall–Kier alpha value is -3.21. The summed E-state index contributed by atoms with van der Waals surface area (Å²) in [6.07, 6.45) is 0.527. The number of carbonyl (C=O) groups excluding carboxylic acids is 1. The number of rotatable bonds is 5. The van der Waals surface area contributed by atoms with Crippen molar-refractivity contribution in [2.24, 2.45) is 5.73 Å². The summed E-state index contributed by atoms with van der Waals surface area (Å²) in [7, 11) is 0. The Morgan fingerprint density at radius 1 is 0.885 bits per heavy atom. The monoisotopic (exact) mass is 353 g/mol. The summed E-state index contributed by atoms with van der Waals surface area (Å²) in [5.41, 5.74) is 8.71. The van der Waals surface area contributed by atoms with Crippen molar-refractivity contribution in [2.75, 3.05) is 0 Å². The van der Waals surface area contributed by atoms with Crippen molar-refractivity contribution in [2.45, 2.75) is 12.8 Å². The smallest absolute Gasteiger partial charge is 0.217 e. The number of hydrogen-bond donors (Lipinski definition) is 2. The lowest BCUT2D eigenvalue weighted by atomic mass is 9.92. The number of amides is 1. The minimum absolute atomic E-state index is 0.125. The number of aryl methyl sites for hydroxylation is 1. The van der Waals surface area contributed by atoms with E-state index in [1.807, 2.05) is 12.1 Å². The Morgan fingerprint density at radius 3 is 2.27 bits per heavy atom. The number of halogens is 2. The predicted molar refractivity (Wildman–Crippen MR) is 96.4 cm³/mol. The maximum Gasteiger partial charge on any atom is 0.217 e. The van der Waals surface area contributed by atoms with Crippen LogP contribution in [0.25, 0.3) is 22.3 Å². The van der Waals surface area contributed by atoms with Crippen LogP contribution in [0, 0.1) is 11.6 Å². The number of phenols is 1. The Balaban J connectivity index is 2.09. The summed E-state index contributed by atoms with van der Waals surface area (Å²) in [4.78, 5) is 11.2. The van der Waals surface area contributed by atoms with Crippen LogP contribution in [0.5, 0.6) is 5.75 Å². The molecule has 0 aliphatic rings. The molecule has 0 fully saturated rings. The van der Waals surface area contributed by atoms with E-state index in [1.165, 1.54) is 12.1 Å². The van der Waals surface area contributed by atoms with Gasteiger partial charge in [-0.25, -0.2) is 8.78 Å². The van der Waals surface area contributed by atoms with Gasteiger partial charge in [0.05, 0.1) is 0 Å². The number of nitrogens with two attached hydrogens (primary N) is 1. The van der Waals surface area contributed by atoms with Gasteiger partial charge in [0, 0.05) is 12.5 Å². The second-order valence-electron chi connectivity index (χ2n) is 6.05. The number of primary amides is 1. The van der Waals surface area contributed by atoms with E-state index in [9.17, 15) is 18.7 Å². The maximum absolute atomic E-state index is 13.5. The van der Waals surface area contributed by atoms with E-state index in [-0.39, 0.29) is 12.2 Å². The van der Waals surface area contributed by atoms with Crippen LogP contribution in [0.1, 0.15) is 12.0 Å². The molecule has 0 aliphatic carbocycles. The molecule has 5 heteroatoms. The van der Waals surface area contributed by atoms with E-state index in [2.05, 4.69) is 0 Å². The van der Waals surface area contributed by atoms with Gasteiger partial charge in [0.1, 0.15) is 17.4 Å². The normalized spacial score (nSPS) is 10.7. The standard InChI is InChI=1S/C21H17F2NO2/c22-17-9-16(10-18(23)12-17)13-4-6-20(14-2-1-3-19(25)11-14)15(8-13)5-7-21(24)26/h1-4,6,8-12,25H,5,7H2,(H2,24,26). The third kappa shape index (κ3) is 4.06. The molecule has 0 saturated carbocycles. The first-order valence-electron chi connectivity index (χ1n) is 8.09. The minimum atomic E-state index is -0.657. The molecule has 0 bridgehead atoms. The van der Waals surface area contributed by atoms with Crippen molar-refractivity contribution in [3.63, 3.8) is 0 Å². The van der Waals surface area contributed by atoms with Gasteiger partial charge in [-0.05, 0) is 58.5 Å². The Morgan fingerprint density at radius 2 is 1.62 bits per heavy atom. The first-order valence-corrected chi connectivity index (χ1v) is 8.09. The zero-order valence-electron chi connectivity index (χ0n) is 13.9. The fourth-order valence-electron chi connectivity index (χ4n) is 2.91. The fourth-order valence-corrected chi connectivity index (χ4v) is 2.91. The molecule has 3 rings (SSSR count). The van der Waals surface area contributed by atoms with Crippen molar-refractivity contribution in [1.29, 1.82) is 0 Å². The molecule has 0 atom stereocenters. The van der Waals surface area contributed by atoms with E-state index < -0.39 is 17.5 Å². The van der Waals surface area contributed by atoms with Crippen LogP contribution in [-0.4, -0.2) is 11.0 Å². The number of hydrogen-bond acceptors (Lipinski definition) is 2. The third-order valence-electron chi connectivity index (χ3n) is 4.10. The number of carbonyl (C=O) groups is 1. The summed E-state index contributed by atoms with van der Waals surface area (Å²) in [5, 5.41) is 9.72. The van der Waals surface area contributed by atoms with Gasteiger partial charge in [0.25, 0.3) is 0 Å². The SMILES string of the molecule is NC(=O)CCc1cc(-c2cc(F)cc(F)c2)ccc1-c1cccc(O)c1. The second-order valence-corrected chi connectivity index (χ2v) is 6.05. The topological polar surface area (TPSA) is 63.3 Å². The average molecular weight is 353 g/mol. The predicted octanol–water partition coefficient (Wildman–Crippen LogP) is 4.42. The number of aromatic hydroxyl groups is 1. The summed E-state index contributed by atoms with van der Waals surface area (Å²) >= 11 is 0. The fraction of sp³-hybridized carbons (Fsp3) is 0.0952. The highest BCUT2D eigenvalue weighted by molar-refractivity contribution is 5.77. The summed E-state index contributed by atoms with van der Waals surface area (Å²) in [6.45, 7) is 0. The molecule has 0 aromatic heterocycles. The third-order valence-corrected chi connectivity index (χ3v) is 4.10. The molecule has 26 heavy (non-hydrogen) atoms. The zero-order valence-corrected chi connectivity index (χ0v) is 13.9. The summed E-state index contributed by atoms with van der Waals surface area (Å²) < 4.78 is 27.1. The van der Waals surface area contributed by atoms with Crippen LogP contribution < -0.4 is 5.73 Å². The highest BCUT2D eigenvalue weighted by Gasteiger charge is 2.11. The van der Waals surface area contributed by atoms with E-state index in [4.69, 9.17) is 5.73 Å². The van der Waals surface area contributed by atoms with Gasteiger partial charge in [0.15, 0.2) is 0 Å². The Bertz CT molecular complexity index is 950. The summed E-state index contributed by atoms with van der Waals surface area (Å²) in [6, 6.07) is 15.4. The van der Waals surface area contributed by atoms with Gasteiger partial charge in [0.2, 0.25) is 5.91 Å². The van der Waals surface area contributed by atoms with Crippen molar-refractivity contribution in [1.82, 2.24) is 0 Å². The number of benzene rings is 3. The molecule has 132 valence electrons. The molecule has 3 nitrogen and oxygen atoms in total. The molecule has 0 saturated heterocycles. The summed E-state index contributed by atoms with van der Waals surface area (Å²) in [5.74, 6) is -1.62. The molecule has 1 amide bonds. The minimum Gasteiger partial charge on any atom is -0.508 e. The van der Waals surface area contributed by atoms with Gasteiger partial charge in [-0.3, -0.25) is 4.79 Å². The molecule has 0 heterocycles. The molecule has 0 unspecified atom stereocenters. The van der Waals surface area contributed by atoms with Crippen molar-refractivity contribution < 1.29 is 18.7 Å². The van der Waals surface area contributed by atoms with Gasteiger partial charge >= 0.3 is 0 Å². The van der Waals surface area contributed by atoms with Crippen LogP contribution in [0.2, 0.25) is 0 Å². The van der Waals surface area contributed by atoms with Crippen molar-refractivity contribution >= 4 is 5.91 Å². The largest absolute Gasteiger partial charge is 0.508 e. The maximum atomic E-state index is 13.5. The average Bonchev–Trinajstić information content (AvgIpc) is 2.59. The van der Waals surface area contributed by atoms with E-state index in [0.717, 1.165) is 22.8 Å². The molecule has 3 aromatic rings. The van der Waals surface area contributed by atoms with Crippen molar-refractivity contribution in [3.8, 4) is 28.0 Å². The van der Waals surface area contributed by atoms with Crippen LogP contribution in [-0.2, 0) is 11.2 Å². The Kier molecular flexibility index (Phi) is 4.98. The quantitative estimate of drug-likeness (QED) is 0.713.